The Morgan fingerprint density at radius 2 is 0.887 bits per heavy atom. The van der Waals surface area contributed by atoms with Crippen molar-refractivity contribution in [3.63, 3.8) is 0 Å². The quantitative estimate of drug-likeness (QED) is 0.160. The molecule has 62 heavy (non-hydrogen) atoms. The second kappa shape index (κ2) is 18.6. The van der Waals surface area contributed by atoms with Crippen molar-refractivity contribution in [2.45, 2.75) is 139 Å². The predicted molar refractivity (Wildman–Crippen MR) is 235 cm³/mol. The largest absolute Gasteiger partial charge is 0.478 e. The Bertz CT molecular complexity index is 2100. The van der Waals surface area contributed by atoms with E-state index in [4.69, 9.17) is 0 Å². The number of carboxylic acids is 2. The van der Waals surface area contributed by atoms with Crippen LogP contribution < -0.4 is 0 Å². The average molecular weight is 843 g/mol. The number of rotatable bonds is 10. The number of nitrogens with zero attached hydrogens (tertiary/aromatic N) is 6. The minimum atomic E-state index is -0.907. The molecule has 2 saturated heterocycles. The summed E-state index contributed by atoms with van der Waals surface area (Å²) in [5.74, 6) is 0.474. The number of hydrogen-bond acceptors (Lipinski definition) is 6. The number of carbonyl (C=O) groups is 4. The molecule has 4 aromatic rings. The lowest BCUT2D eigenvalue weighted by Gasteiger charge is -2.34. The van der Waals surface area contributed by atoms with Crippen LogP contribution in [-0.4, -0.2) is 89.5 Å². The van der Waals surface area contributed by atoms with E-state index in [-0.39, 0.29) is 11.8 Å². The summed E-state index contributed by atoms with van der Waals surface area (Å²) in [5.41, 5.74) is 6.62. The van der Waals surface area contributed by atoms with E-state index in [0.29, 0.717) is 46.6 Å². The van der Waals surface area contributed by atoms with Crippen molar-refractivity contribution in [2.24, 2.45) is 11.8 Å². The number of carboxylic acid groups (broad SMARTS) is 2. The molecule has 0 unspecified atom stereocenters. The van der Waals surface area contributed by atoms with Crippen molar-refractivity contribution in [1.29, 1.82) is 0 Å². The molecule has 4 aliphatic carbocycles. The van der Waals surface area contributed by atoms with Crippen molar-refractivity contribution in [3.05, 3.63) is 94.6 Å². The smallest absolute Gasteiger partial charge is 0.339 e. The Balaban J connectivity index is 0.000000158. The van der Waals surface area contributed by atoms with Gasteiger partial charge in [-0.2, -0.15) is 10.2 Å². The standard InChI is InChI=1S/2C25H31N3O3/c2*29-24(27-12-2-1-3-13-27)20-8-4-6-18(14-20)19-7-5-9-21(15-19)28-23(17-10-11-17)22(16-26-28)25(30)31/h2*5,7,9,15-18,20H,1-4,6,8,10-14H2,(H,30,31)/t2*18-,20+/m10/s1. The van der Waals surface area contributed by atoms with Gasteiger partial charge in [0.05, 0.1) is 35.2 Å². The van der Waals surface area contributed by atoms with E-state index in [0.717, 1.165) is 152 Å². The van der Waals surface area contributed by atoms with E-state index >= 15 is 0 Å². The highest BCUT2D eigenvalue weighted by Crippen LogP contribution is 2.45. The molecule has 12 heteroatoms. The maximum absolute atomic E-state index is 13.1. The van der Waals surface area contributed by atoms with Crippen LogP contribution in [0, 0.1) is 11.8 Å². The van der Waals surface area contributed by atoms with Crippen LogP contribution in [0.4, 0.5) is 0 Å². The molecule has 12 nitrogen and oxygen atoms in total. The summed E-state index contributed by atoms with van der Waals surface area (Å²) in [6.45, 7) is 3.69. The fourth-order valence-electron chi connectivity index (χ4n) is 11.0. The lowest BCUT2D eigenvalue weighted by molar-refractivity contribution is -0.138. The van der Waals surface area contributed by atoms with E-state index in [1.807, 2.05) is 33.6 Å². The number of piperidine rings is 2. The van der Waals surface area contributed by atoms with Crippen LogP contribution in [-0.2, 0) is 9.59 Å². The molecule has 6 fully saturated rings. The third-order valence-electron chi connectivity index (χ3n) is 14.6. The van der Waals surface area contributed by atoms with Crippen LogP contribution in [0.25, 0.3) is 11.4 Å². The third-order valence-corrected chi connectivity index (χ3v) is 14.6. The second-order valence-electron chi connectivity index (χ2n) is 19.0. The molecule has 2 aromatic heterocycles. The van der Waals surface area contributed by atoms with E-state index in [9.17, 15) is 29.4 Å². The Hall–Kier alpha value is -5.26. The summed E-state index contributed by atoms with van der Waals surface area (Å²) < 4.78 is 3.65. The first-order valence-electron chi connectivity index (χ1n) is 23.6. The van der Waals surface area contributed by atoms with Crippen LogP contribution in [0.3, 0.4) is 0 Å². The minimum absolute atomic E-state index is 0.130. The Morgan fingerprint density at radius 3 is 1.26 bits per heavy atom. The molecule has 4 heterocycles. The van der Waals surface area contributed by atoms with Gasteiger partial charge >= 0.3 is 11.9 Å². The molecule has 2 aromatic carbocycles. The summed E-state index contributed by atoms with van der Waals surface area (Å²) in [6.07, 6.45) is 22.3. The molecular weight excluding hydrogens is 781 g/mol. The summed E-state index contributed by atoms with van der Waals surface area (Å²) in [5, 5.41) is 28.0. The lowest BCUT2D eigenvalue weighted by Crippen LogP contribution is -2.40. The van der Waals surface area contributed by atoms with Crippen LogP contribution >= 0.6 is 0 Å². The molecule has 2 aliphatic heterocycles. The van der Waals surface area contributed by atoms with Gasteiger partial charge in [0.25, 0.3) is 0 Å². The Labute approximate surface area is 364 Å². The van der Waals surface area contributed by atoms with Crippen molar-refractivity contribution in [1.82, 2.24) is 29.4 Å². The lowest BCUT2D eigenvalue weighted by atomic mass is 9.77. The maximum Gasteiger partial charge on any atom is 0.339 e. The second-order valence-corrected chi connectivity index (χ2v) is 19.0. The highest BCUT2D eigenvalue weighted by Gasteiger charge is 2.36. The Kier molecular flexibility index (Phi) is 12.6. The molecule has 0 spiro atoms. The van der Waals surface area contributed by atoms with Gasteiger partial charge in [-0.3, -0.25) is 9.59 Å². The number of amides is 2. The number of carbonyl (C=O) groups excluding carboxylic acids is 2. The summed E-state index contributed by atoms with van der Waals surface area (Å²) in [4.78, 5) is 53.6. The number of aromatic carboxylic acids is 2. The first kappa shape index (κ1) is 42.1. The van der Waals surface area contributed by atoms with Crippen molar-refractivity contribution in [2.75, 3.05) is 26.2 Å². The van der Waals surface area contributed by atoms with Gasteiger partial charge in [-0.25, -0.2) is 19.0 Å². The minimum Gasteiger partial charge on any atom is -0.478 e. The number of likely N-dealkylation sites (tertiary alicyclic amines) is 2. The first-order chi connectivity index (χ1) is 30.2. The van der Waals surface area contributed by atoms with Crippen LogP contribution in [0.2, 0.25) is 0 Å². The molecule has 4 saturated carbocycles. The zero-order chi connectivity index (χ0) is 42.7. The average Bonchev–Trinajstić information content (AvgIpc) is 4.26. The van der Waals surface area contributed by atoms with Gasteiger partial charge in [-0.15, -0.1) is 0 Å². The fraction of sp³-hybridized carbons (Fsp3) is 0.560. The van der Waals surface area contributed by atoms with Gasteiger partial charge in [-0.05, 0) is 150 Å². The summed E-state index contributed by atoms with van der Waals surface area (Å²) in [6, 6.07) is 16.7. The summed E-state index contributed by atoms with van der Waals surface area (Å²) in [7, 11) is 0. The SMILES string of the molecule is O=C(O)c1cnn(-c2cccc([C@@H]3CCC[C@H](C(=O)N4CCCCC4)C3)c2)c1C1CC1.O=C(O)c1cnn(-c2cccc([C@H]3CCC[C@@H](C(=O)N4CCCCC4)C3)c2)c1C1CC1. The Morgan fingerprint density at radius 1 is 0.484 bits per heavy atom. The summed E-state index contributed by atoms with van der Waals surface area (Å²) >= 11 is 0. The van der Waals surface area contributed by atoms with E-state index < -0.39 is 11.9 Å². The molecule has 2 N–H and O–H groups in total. The molecule has 0 radical (unpaired) electrons. The molecule has 10 rings (SSSR count). The molecule has 4 atom stereocenters. The molecule has 2 amide bonds. The van der Waals surface area contributed by atoms with Crippen molar-refractivity contribution in [3.8, 4) is 11.4 Å². The van der Waals surface area contributed by atoms with Crippen LogP contribution in [0.1, 0.15) is 182 Å². The van der Waals surface area contributed by atoms with Gasteiger partial charge in [0.1, 0.15) is 11.1 Å². The molecule has 0 bridgehead atoms. The maximum atomic E-state index is 13.1. The first-order valence-corrected chi connectivity index (χ1v) is 23.6. The highest BCUT2D eigenvalue weighted by atomic mass is 16.4. The molecule has 328 valence electrons. The van der Waals surface area contributed by atoms with Crippen LogP contribution in [0.5, 0.6) is 0 Å². The van der Waals surface area contributed by atoms with E-state index in [2.05, 4.69) is 44.3 Å². The van der Waals surface area contributed by atoms with Crippen LogP contribution in [0.15, 0.2) is 60.9 Å². The highest BCUT2D eigenvalue weighted by molar-refractivity contribution is 5.90. The topological polar surface area (TPSA) is 151 Å². The van der Waals surface area contributed by atoms with Gasteiger partial charge in [0, 0.05) is 49.9 Å². The number of hydrogen-bond donors (Lipinski definition) is 2. The zero-order valence-electron chi connectivity index (χ0n) is 36.0. The monoisotopic (exact) mass is 842 g/mol. The fourth-order valence-corrected chi connectivity index (χ4v) is 11.0. The number of benzene rings is 2. The molecule has 6 aliphatic rings. The van der Waals surface area contributed by atoms with Crippen molar-refractivity contribution >= 4 is 23.8 Å². The third kappa shape index (κ3) is 9.25. The van der Waals surface area contributed by atoms with Gasteiger partial charge < -0.3 is 20.0 Å². The van der Waals surface area contributed by atoms with Crippen molar-refractivity contribution < 1.29 is 29.4 Å². The van der Waals surface area contributed by atoms with E-state index in [1.54, 1.807) is 0 Å². The predicted octanol–water partition coefficient (Wildman–Crippen LogP) is 9.47. The van der Waals surface area contributed by atoms with Gasteiger partial charge in [0.15, 0.2) is 0 Å². The normalized spacial score (nSPS) is 24.2. The van der Waals surface area contributed by atoms with Gasteiger partial charge in [-0.1, -0.05) is 37.1 Å². The van der Waals surface area contributed by atoms with Gasteiger partial charge in [0.2, 0.25) is 11.8 Å². The number of aromatic nitrogens is 4. The van der Waals surface area contributed by atoms with E-state index in [1.165, 1.54) is 36.4 Å². The molecular formula is C50H62N6O6. The zero-order valence-corrected chi connectivity index (χ0v) is 36.0.